The highest BCUT2D eigenvalue weighted by atomic mass is 32.1. The van der Waals surface area contributed by atoms with Gasteiger partial charge in [0.05, 0.1) is 0 Å². The Morgan fingerprint density at radius 1 is 1.22 bits per heavy atom. The van der Waals surface area contributed by atoms with Crippen molar-refractivity contribution in [2.24, 2.45) is 5.92 Å². The van der Waals surface area contributed by atoms with Crippen LogP contribution in [0.1, 0.15) is 73.7 Å². The molecular weight excluding hydrogens is 420 g/mol. The fraction of sp³-hybridized carbons (Fsp3) is 0.680. The summed E-state index contributed by atoms with van der Waals surface area (Å²) in [6.07, 6.45) is 11.2. The van der Waals surface area contributed by atoms with Crippen molar-refractivity contribution in [2.45, 2.75) is 64.3 Å². The Kier molecular flexibility index (Phi) is 8.02. The SMILES string of the molecule is COCCCN(C[C@@H]1CCCN2CCCC[C@H]12)C(=O)c1nc(-n2cccc2)sc1C(C)C. The van der Waals surface area contributed by atoms with Gasteiger partial charge in [-0.25, -0.2) is 4.98 Å². The molecule has 0 radical (unpaired) electrons. The summed E-state index contributed by atoms with van der Waals surface area (Å²) in [6, 6.07) is 4.62. The van der Waals surface area contributed by atoms with Crippen molar-refractivity contribution < 1.29 is 9.53 Å². The molecule has 0 saturated carbocycles. The van der Waals surface area contributed by atoms with Gasteiger partial charge in [-0.05, 0) is 69.2 Å². The van der Waals surface area contributed by atoms with Crippen molar-refractivity contribution in [1.82, 2.24) is 19.4 Å². The van der Waals surface area contributed by atoms with Gasteiger partial charge in [-0.15, -0.1) is 11.3 Å². The number of fused-ring (bicyclic) bond motifs is 1. The van der Waals surface area contributed by atoms with Crippen molar-refractivity contribution in [3.8, 4) is 5.13 Å². The van der Waals surface area contributed by atoms with Gasteiger partial charge in [0.1, 0.15) is 5.69 Å². The number of ether oxygens (including phenoxy) is 1. The number of piperidine rings is 2. The zero-order chi connectivity index (χ0) is 22.5. The van der Waals surface area contributed by atoms with Gasteiger partial charge in [-0.2, -0.15) is 0 Å². The number of hydrogen-bond donors (Lipinski definition) is 0. The lowest BCUT2D eigenvalue weighted by Crippen LogP contribution is -2.51. The maximum absolute atomic E-state index is 13.9. The van der Waals surface area contributed by atoms with Gasteiger partial charge in [0, 0.05) is 50.1 Å². The van der Waals surface area contributed by atoms with Crippen LogP contribution in [0, 0.1) is 5.92 Å². The lowest BCUT2D eigenvalue weighted by Gasteiger charge is -2.45. The summed E-state index contributed by atoms with van der Waals surface area (Å²) in [5, 5.41) is 0.870. The zero-order valence-electron chi connectivity index (χ0n) is 19.8. The summed E-state index contributed by atoms with van der Waals surface area (Å²) in [7, 11) is 1.73. The average Bonchev–Trinajstić information content (AvgIpc) is 3.48. The van der Waals surface area contributed by atoms with Crippen LogP contribution in [0.2, 0.25) is 0 Å². The van der Waals surface area contributed by atoms with Crippen molar-refractivity contribution in [3.05, 3.63) is 35.1 Å². The number of rotatable bonds is 9. The van der Waals surface area contributed by atoms with E-state index in [2.05, 4.69) is 23.6 Å². The molecule has 2 aliphatic rings. The largest absolute Gasteiger partial charge is 0.385 e. The monoisotopic (exact) mass is 458 g/mol. The molecule has 7 heteroatoms. The number of nitrogens with zero attached hydrogens (tertiary/aromatic N) is 4. The molecule has 2 aromatic rings. The first-order chi connectivity index (χ1) is 15.6. The molecule has 2 atom stereocenters. The van der Waals surface area contributed by atoms with E-state index in [0.29, 0.717) is 24.3 Å². The molecule has 0 aromatic carbocycles. The Labute approximate surface area is 196 Å². The Balaban J connectivity index is 1.57. The highest BCUT2D eigenvalue weighted by molar-refractivity contribution is 7.14. The van der Waals surface area contributed by atoms with Crippen LogP contribution < -0.4 is 0 Å². The van der Waals surface area contributed by atoms with E-state index in [9.17, 15) is 4.79 Å². The number of amides is 1. The Morgan fingerprint density at radius 2 is 2.00 bits per heavy atom. The summed E-state index contributed by atoms with van der Waals surface area (Å²) >= 11 is 1.64. The molecule has 2 aliphatic heterocycles. The predicted octanol–water partition coefficient (Wildman–Crippen LogP) is 4.80. The minimum Gasteiger partial charge on any atom is -0.385 e. The standard InChI is InChI=1S/C25H38N4O2S/c1-19(2)23-22(26-25(32-23)28-13-6-7-14-28)24(30)29(16-9-17-31-3)18-20-10-8-15-27-12-5-4-11-21(20)27/h6-7,13-14,19-21H,4-5,8-12,15-18H2,1-3H3/t20-,21+/m0/s1. The summed E-state index contributed by atoms with van der Waals surface area (Å²) in [5.41, 5.74) is 0.641. The lowest BCUT2D eigenvalue weighted by atomic mass is 9.83. The molecular formula is C25H38N4O2S. The van der Waals surface area contributed by atoms with E-state index >= 15 is 0 Å². The Hall–Kier alpha value is -1.70. The molecule has 0 spiro atoms. The van der Waals surface area contributed by atoms with Gasteiger partial charge >= 0.3 is 0 Å². The quantitative estimate of drug-likeness (QED) is 0.507. The van der Waals surface area contributed by atoms with Crippen LogP contribution >= 0.6 is 11.3 Å². The third-order valence-electron chi connectivity index (χ3n) is 6.94. The maximum Gasteiger partial charge on any atom is 0.273 e. The zero-order valence-corrected chi connectivity index (χ0v) is 20.6. The first-order valence-corrected chi connectivity index (χ1v) is 13.1. The van der Waals surface area contributed by atoms with Gasteiger partial charge in [-0.1, -0.05) is 20.3 Å². The number of thiazole rings is 1. The van der Waals surface area contributed by atoms with Gasteiger partial charge in [0.25, 0.3) is 5.91 Å². The van der Waals surface area contributed by atoms with Crippen LogP contribution in [0.15, 0.2) is 24.5 Å². The number of hydrogen-bond acceptors (Lipinski definition) is 5. The molecule has 0 N–H and O–H groups in total. The number of methoxy groups -OCH3 is 1. The molecule has 0 unspecified atom stereocenters. The number of carbonyl (C=O) groups excluding carboxylic acids is 1. The highest BCUT2D eigenvalue weighted by Crippen LogP contribution is 2.33. The molecule has 1 amide bonds. The Bertz CT molecular complexity index is 861. The maximum atomic E-state index is 13.9. The van der Waals surface area contributed by atoms with Crippen LogP contribution in [0.4, 0.5) is 0 Å². The molecule has 32 heavy (non-hydrogen) atoms. The van der Waals surface area contributed by atoms with Crippen LogP contribution in [0.5, 0.6) is 0 Å². The van der Waals surface area contributed by atoms with E-state index in [4.69, 9.17) is 9.72 Å². The summed E-state index contributed by atoms with van der Waals surface area (Å²) < 4.78 is 7.31. The van der Waals surface area contributed by atoms with Crippen LogP contribution in [0.25, 0.3) is 5.13 Å². The molecule has 4 heterocycles. The second-order valence-corrected chi connectivity index (χ2v) is 10.6. The molecule has 0 aliphatic carbocycles. The third kappa shape index (κ3) is 5.26. The summed E-state index contributed by atoms with van der Waals surface area (Å²) in [4.78, 5) is 24.6. The van der Waals surface area contributed by atoms with E-state index in [1.807, 2.05) is 29.1 Å². The minimum absolute atomic E-state index is 0.0902. The average molecular weight is 459 g/mol. The molecule has 6 nitrogen and oxygen atoms in total. The lowest BCUT2D eigenvalue weighted by molar-refractivity contribution is 0.0344. The molecule has 4 rings (SSSR count). The van der Waals surface area contributed by atoms with Crippen molar-refractivity contribution in [2.75, 3.05) is 39.9 Å². The fourth-order valence-corrected chi connectivity index (χ4v) is 6.36. The number of carbonyl (C=O) groups is 1. The van der Waals surface area contributed by atoms with Crippen molar-refractivity contribution in [1.29, 1.82) is 0 Å². The van der Waals surface area contributed by atoms with Gasteiger partial charge in [0.15, 0.2) is 5.13 Å². The first-order valence-electron chi connectivity index (χ1n) is 12.2. The van der Waals surface area contributed by atoms with E-state index < -0.39 is 0 Å². The smallest absolute Gasteiger partial charge is 0.273 e. The second kappa shape index (κ2) is 10.9. The Morgan fingerprint density at radius 3 is 2.75 bits per heavy atom. The van der Waals surface area contributed by atoms with Crippen molar-refractivity contribution >= 4 is 17.2 Å². The van der Waals surface area contributed by atoms with Crippen LogP contribution in [-0.2, 0) is 4.74 Å². The van der Waals surface area contributed by atoms with E-state index in [-0.39, 0.29) is 11.8 Å². The summed E-state index contributed by atoms with van der Waals surface area (Å²) in [5.74, 6) is 0.910. The first kappa shape index (κ1) is 23.5. The molecule has 2 fully saturated rings. The second-order valence-electron chi connectivity index (χ2n) is 9.55. The highest BCUT2D eigenvalue weighted by Gasteiger charge is 2.35. The third-order valence-corrected chi connectivity index (χ3v) is 8.31. The molecule has 2 saturated heterocycles. The molecule has 0 bridgehead atoms. The number of aromatic nitrogens is 2. The topological polar surface area (TPSA) is 50.6 Å². The fourth-order valence-electron chi connectivity index (χ4n) is 5.34. The van der Waals surface area contributed by atoms with Gasteiger partial charge in [0.2, 0.25) is 0 Å². The normalized spacial score (nSPS) is 21.6. The van der Waals surface area contributed by atoms with Gasteiger partial charge < -0.3 is 19.1 Å². The molecule has 2 aromatic heterocycles. The molecule has 176 valence electrons. The van der Waals surface area contributed by atoms with E-state index in [0.717, 1.165) is 29.5 Å². The minimum atomic E-state index is 0.0902. The van der Waals surface area contributed by atoms with E-state index in [1.165, 1.54) is 45.2 Å². The van der Waals surface area contributed by atoms with Crippen LogP contribution in [0.3, 0.4) is 0 Å². The predicted molar refractivity (Wildman–Crippen MR) is 130 cm³/mol. The van der Waals surface area contributed by atoms with Crippen molar-refractivity contribution in [3.63, 3.8) is 0 Å². The van der Waals surface area contributed by atoms with Gasteiger partial charge in [-0.3, -0.25) is 4.79 Å². The van der Waals surface area contributed by atoms with Crippen LogP contribution in [-0.4, -0.2) is 71.2 Å². The summed E-state index contributed by atoms with van der Waals surface area (Å²) in [6.45, 7) is 8.99. The van der Waals surface area contributed by atoms with E-state index in [1.54, 1.807) is 18.4 Å².